The summed E-state index contributed by atoms with van der Waals surface area (Å²) in [5.41, 5.74) is 6.48. The van der Waals surface area contributed by atoms with E-state index < -0.39 is 0 Å². The van der Waals surface area contributed by atoms with Crippen molar-refractivity contribution in [3.8, 4) is 21.8 Å². The van der Waals surface area contributed by atoms with Crippen molar-refractivity contribution < 1.29 is 4.79 Å². The Morgan fingerprint density at radius 3 is 2.66 bits per heavy atom. The molecule has 1 saturated heterocycles. The maximum Gasteiger partial charge on any atom is 0.252 e. The Labute approximate surface area is 209 Å². The van der Waals surface area contributed by atoms with Crippen LogP contribution in [0, 0.1) is 6.92 Å². The number of nitrogens with one attached hydrogen (secondary N) is 2. The molecule has 0 unspecified atom stereocenters. The predicted molar refractivity (Wildman–Crippen MR) is 142 cm³/mol. The highest BCUT2D eigenvalue weighted by atomic mass is 32.1. The fourth-order valence-electron chi connectivity index (χ4n) is 4.39. The van der Waals surface area contributed by atoms with Crippen LogP contribution in [0.2, 0.25) is 0 Å². The summed E-state index contributed by atoms with van der Waals surface area (Å²) in [5.74, 6) is -0.0654. The molecule has 1 amide bonds. The van der Waals surface area contributed by atoms with Crippen molar-refractivity contribution >= 4 is 22.9 Å². The molecule has 0 bridgehead atoms. The fourth-order valence-corrected chi connectivity index (χ4v) is 5.07. The third kappa shape index (κ3) is 5.13. The van der Waals surface area contributed by atoms with E-state index in [1.54, 1.807) is 16.0 Å². The first-order valence-corrected chi connectivity index (χ1v) is 12.8. The zero-order valence-corrected chi connectivity index (χ0v) is 21.1. The van der Waals surface area contributed by atoms with Gasteiger partial charge in [0.2, 0.25) is 0 Å². The molecule has 180 valence electrons. The van der Waals surface area contributed by atoms with Crippen LogP contribution < -0.4 is 15.5 Å². The number of piperazine rings is 1. The topological polar surface area (TPSA) is 75.1 Å². The molecule has 4 heterocycles. The normalized spacial score (nSPS) is 14.7. The molecule has 0 saturated carbocycles. The van der Waals surface area contributed by atoms with Crippen molar-refractivity contribution in [1.29, 1.82) is 0 Å². The average molecular weight is 487 g/mol. The Morgan fingerprint density at radius 2 is 1.94 bits per heavy atom. The lowest BCUT2D eigenvalue weighted by atomic mass is 10.0. The Bertz CT molecular complexity index is 1320. The summed E-state index contributed by atoms with van der Waals surface area (Å²) in [7, 11) is 1.90. The number of thiophene rings is 1. The van der Waals surface area contributed by atoms with E-state index in [9.17, 15) is 4.79 Å². The molecule has 8 heteroatoms. The molecule has 0 spiro atoms. The number of anilines is 1. The van der Waals surface area contributed by atoms with Gasteiger partial charge in [0.25, 0.3) is 5.91 Å². The van der Waals surface area contributed by atoms with Gasteiger partial charge in [-0.05, 0) is 60.7 Å². The molecule has 3 aromatic heterocycles. The SMILES string of the molecule is Cc1ccc(N2CCNCC2)cc1C(=O)N[C@H](C)c1cc(-c2cnn(C)c2)nc(-c2cccs2)c1. The molecular weight excluding hydrogens is 456 g/mol. The third-order valence-electron chi connectivity index (χ3n) is 6.42. The van der Waals surface area contributed by atoms with Gasteiger partial charge in [-0.1, -0.05) is 12.1 Å². The number of amides is 1. The second-order valence-corrected chi connectivity index (χ2v) is 9.93. The zero-order chi connectivity index (χ0) is 24.4. The molecule has 4 aromatic rings. The summed E-state index contributed by atoms with van der Waals surface area (Å²) in [4.78, 5) is 21.7. The standard InChI is InChI=1S/C27H30N6OS/c1-18-6-7-22(33-10-8-28-9-11-33)15-23(18)27(34)30-19(2)20-13-24(21-16-29-32(3)17-21)31-25(14-20)26-5-4-12-35-26/h4-7,12-17,19,28H,8-11H2,1-3H3,(H,30,34)/t19-/m1/s1. The van der Waals surface area contributed by atoms with Gasteiger partial charge in [0.15, 0.2) is 0 Å². The van der Waals surface area contributed by atoms with Gasteiger partial charge in [0.1, 0.15) is 0 Å². The van der Waals surface area contributed by atoms with Crippen LogP contribution in [-0.2, 0) is 7.05 Å². The van der Waals surface area contributed by atoms with Crippen LogP contribution in [0.15, 0.2) is 60.2 Å². The Hall–Kier alpha value is -3.49. The number of pyridine rings is 1. The van der Waals surface area contributed by atoms with Crippen LogP contribution in [0.1, 0.15) is 34.5 Å². The van der Waals surface area contributed by atoms with Crippen molar-refractivity contribution in [3.05, 3.63) is 76.9 Å². The lowest BCUT2D eigenvalue weighted by Gasteiger charge is -2.30. The minimum absolute atomic E-state index is 0.0654. The summed E-state index contributed by atoms with van der Waals surface area (Å²) in [6.45, 7) is 7.82. The molecule has 1 aromatic carbocycles. The van der Waals surface area contributed by atoms with Gasteiger partial charge in [-0.2, -0.15) is 5.10 Å². The molecular formula is C27H30N6OS. The van der Waals surface area contributed by atoms with Crippen molar-refractivity contribution in [2.45, 2.75) is 19.9 Å². The van der Waals surface area contributed by atoms with E-state index in [2.05, 4.69) is 38.8 Å². The predicted octanol–water partition coefficient (Wildman–Crippen LogP) is 4.42. The number of carbonyl (C=O) groups is 1. The first kappa shape index (κ1) is 23.3. The molecule has 35 heavy (non-hydrogen) atoms. The number of nitrogens with zero attached hydrogens (tertiary/aromatic N) is 4. The van der Waals surface area contributed by atoms with Crippen molar-refractivity contribution in [2.75, 3.05) is 31.1 Å². The zero-order valence-electron chi connectivity index (χ0n) is 20.3. The molecule has 0 radical (unpaired) electrons. The second kappa shape index (κ2) is 10.0. The minimum atomic E-state index is -0.193. The molecule has 5 rings (SSSR count). The monoisotopic (exact) mass is 486 g/mol. The molecule has 0 aliphatic carbocycles. The summed E-state index contributed by atoms with van der Waals surface area (Å²) in [6.07, 6.45) is 3.77. The lowest BCUT2D eigenvalue weighted by molar-refractivity contribution is 0.0939. The van der Waals surface area contributed by atoms with Crippen LogP contribution in [-0.4, -0.2) is 46.9 Å². The van der Waals surface area contributed by atoms with E-state index in [4.69, 9.17) is 4.98 Å². The number of rotatable bonds is 6. The maximum atomic E-state index is 13.4. The van der Waals surface area contributed by atoms with Crippen LogP contribution in [0.5, 0.6) is 0 Å². The van der Waals surface area contributed by atoms with E-state index in [-0.39, 0.29) is 11.9 Å². The quantitative estimate of drug-likeness (QED) is 0.422. The Morgan fingerprint density at radius 1 is 1.14 bits per heavy atom. The van der Waals surface area contributed by atoms with Crippen LogP contribution in [0.25, 0.3) is 21.8 Å². The molecule has 1 aliphatic heterocycles. The Kier molecular flexibility index (Phi) is 6.66. The van der Waals surface area contributed by atoms with Gasteiger partial charge >= 0.3 is 0 Å². The van der Waals surface area contributed by atoms with E-state index in [0.717, 1.165) is 64.8 Å². The number of hydrogen-bond donors (Lipinski definition) is 2. The van der Waals surface area contributed by atoms with Crippen LogP contribution >= 0.6 is 11.3 Å². The molecule has 1 fully saturated rings. The summed E-state index contributed by atoms with van der Waals surface area (Å²) < 4.78 is 1.77. The van der Waals surface area contributed by atoms with Crippen LogP contribution in [0.3, 0.4) is 0 Å². The highest BCUT2D eigenvalue weighted by Gasteiger charge is 2.19. The number of benzene rings is 1. The van der Waals surface area contributed by atoms with Crippen molar-refractivity contribution in [1.82, 2.24) is 25.4 Å². The van der Waals surface area contributed by atoms with Gasteiger partial charge in [0.05, 0.1) is 28.5 Å². The summed E-state index contributed by atoms with van der Waals surface area (Å²) >= 11 is 1.65. The number of aryl methyl sites for hydroxylation is 2. The van der Waals surface area contributed by atoms with Gasteiger partial charge in [0, 0.05) is 56.2 Å². The van der Waals surface area contributed by atoms with E-state index in [1.807, 2.05) is 62.9 Å². The molecule has 1 atom stereocenters. The first-order valence-electron chi connectivity index (χ1n) is 11.9. The number of carbonyl (C=O) groups excluding carboxylic acids is 1. The first-order chi connectivity index (χ1) is 17.0. The van der Waals surface area contributed by atoms with Gasteiger partial charge in [-0.15, -0.1) is 11.3 Å². The van der Waals surface area contributed by atoms with E-state index >= 15 is 0 Å². The lowest BCUT2D eigenvalue weighted by Crippen LogP contribution is -2.43. The van der Waals surface area contributed by atoms with Crippen molar-refractivity contribution in [2.24, 2.45) is 7.05 Å². The van der Waals surface area contributed by atoms with Gasteiger partial charge in [-0.25, -0.2) is 4.98 Å². The largest absolute Gasteiger partial charge is 0.369 e. The summed E-state index contributed by atoms with van der Waals surface area (Å²) in [6, 6.07) is 14.2. The third-order valence-corrected chi connectivity index (χ3v) is 7.31. The fraction of sp³-hybridized carbons (Fsp3) is 0.296. The number of hydrogen-bond acceptors (Lipinski definition) is 6. The van der Waals surface area contributed by atoms with Crippen LogP contribution in [0.4, 0.5) is 5.69 Å². The van der Waals surface area contributed by atoms with Crippen molar-refractivity contribution in [3.63, 3.8) is 0 Å². The highest BCUT2D eigenvalue weighted by molar-refractivity contribution is 7.13. The average Bonchev–Trinajstić information content (AvgIpc) is 3.57. The summed E-state index contributed by atoms with van der Waals surface area (Å²) in [5, 5.41) is 13.0. The molecule has 7 nitrogen and oxygen atoms in total. The minimum Gasteiger partial charge on any atom is -0.369 e. The number of aromatic nitrogens is 3. The second-order valence-electron chi connectivity index (χ2n) is 8.98. The maximum absolute atomic E-state index is 13.4. The Balaban J connectivity index is 1.43. The molecule has 1 aliphatic rings. The van der Waals surface area contributed by atoms with E-state index in [1.165, 1.54) is 0 Å². The van der Waals surface area contributed by atoms with Gasteiger partial charge in [-0.3, -0.25) is 9.48 Å². The highest BCUT2D eigenvalue weighted by Crippen LogP contribution is 2.30. The smallest absolute Gasteiger partial charge is 0.252 e. The van der Waals surface area contributed by atoms with E-state index in [0.29, 0.717) is 5.56 Å². The molecule has 2 N–H and O–H groups in total. The van der Waals surface area contributed by atoms with Gasteiger partial charge < -0.3 is 15.5 Å².